The lowest BCUT2D eigenvalue weighted by Crippen LogP contribution is -2.24. The van der Waals surface area contributed by atoms with Gasteiger partial charge in [0.05, 0.1) is 12.4 Å². The molecule has 0 bridgehead atoms. The van der Waals surface area contributed by atoms with E-state index in [2.05, 4.69) is 38.9 Å². The fraction of sp³-hybridized carbons (Fsp3) is 0.188. The van der Waals surface area contributed by atoms with Crippen molar-refractivity contribution < 1.29 is 4.79 Å². The van der Waals surface area contributed by atoms with Crippen LogP contribution in [0.25, 0.3) is 0 Å². The summed E-state index contributed by atoms with van der Waals surface area (Å²) in [6.07, 6.45) is 5.78. The summed E-state index contributed by atoms with van der Waals surface area (Å²) in [5.74, 6) is 0.524. The van der Waals surface area contributed by atoms with Crippen molar-refractivity contribution in [2.24, 2.45) is 0 Å². The summed E-state index contributed by atoms with van der Waals surface area (Å²) < 4.78 is 0. The lowest BCUT2D eigenvalue weighted by atomic mass is 10.2. The average Bonchev–Trinajstić information content (AvgIpc) is 2.97. The van der Waals surface area contributed by atoms with Crippen LogP contribution in [0.1, 0.15) is 16.1 Å². The van der Waals surface area contributed by atoms with E-state index < -0.39 is 0 Å². The number of carbonyl (C=O) groups is 1. The van der Waals surface area contributed by atoms with Gasteiger partial charge in [-0.25, -0.2) is 9.97 Å². The first-order chi connectivity index (χ1) is 10.3. The number of carbonyl (C=O) groups excluding carboxylic acids is 1. The van der Waals surface area contributed by atoms with Crippen LogP contribution in [-0.2, 0) is 6.42 Å². The third-order valence-corrected chi connectivity index (χ3v) is 3.44. The number of rotatable bonds is 4. The van der Waals surface area contributed by atoms with Crippen LogP contribution in [0.3, 0.4) is 0 Å². The van der Waals surface area contributed by atoms with Gasteiger partial charge in [-0.15, -0.1) is 6.58 Å². The highest BCUT2D eigenvalue weighted by Gasteiger charge is 2.21. The summed E-state index contributed by atoms with van der Waals surface area (Å²) in [6, 6.07) is 8.26. The Bertz CT molecular complexity index is 666. The van der Waals surface area contributed by atoms with Crippen LogP contribution in [-0.4, -0.2) is 29.0 Å². The summed E-state index contributed by atoms with van der Waals surface area (Å²) >= 11 is 0. The van der Waals surface area contributed by atoms with Crippen LogP contribution in [0.5, 0.6) is 0 Å². The highest BCUT2D eigenvalue weighted by molar-refractivity contribution is 5.92. The monoisotopic (exact) mass is 280 g/mol. The normalized spacial score (nSPS) is 12.9. The van der Waals surface area contributed by atoms with Gasteiger partial charge in [-0.1, -0.05) is 24.3 Å². The van der Waals surface area contributed by atoms with E-state index in [1.807, 2.05) is 12.1 Å². The molecule has 0 atom stereocenters. The zero-order chi connectivity index (χ0) is 14.7. The highest BCUT2D eigenvalue weighted by atomic mass is 16.1. The molecule has 0 spiro atoms. The van der Waals surface area contributed by atoms with E-state index in [0.29, 0.717) is 12.2 Å². The molecule has 5 nitrogen and oxygen atoms in total. The summed E-state index contributed by atoms with van der Waals surface area (Å²) in [5, 5.41) is 2.68. The Kier molecular flexibility index (Phi) is 3.64. The number of hydrogen-bond donors (Lipinski definition) is 1. The number of nitrogens with zero attached hydrogens (tertiary/aromatic N) is 3. The molecular weight excluding hydrogens is 264 g/mol. The molecular formula is C16H16N4O. The summed E-state index contributed by atoms with van der Waals surface area (Å²) in [6.45, 7) is 4.86. The van der Waals surface area contributed by atoms with Crippen molar-refractivity contribution in [2.45, 2.75) is 6.42 Å². The van der Waals surface area contributed by atoms with Crippen molar-refractivity contribution in [1.82, 2.24) is 15.3 Å². The van der Waals surface area contributed by atoms with E-state index in [-0.39, 0.29) is 5.91 Å². The molecule has 0 radical (unpaired) electrons. The molecule has 3 rings (SSSR count). The van der Waals surface area contributed by atoms with Crippen molar-refractivity contribution in [3.05, 3.63) is 60.6 Å². The Morgan fingerprint density at radius 1 is 1.33 bits per heavy atom. The molecule has 5 heteroatoms. The SMILES string of the molecule is C=CCNC(=O)c1cnc(N2CCc3ccccc32)cn1. The Morgan fingerprint density at radius 2 is 2.19 bits per heavy atom. The molecule has 2 heterocycles. The number of fused-ring (bicyclic) bond motifs is 1. The van der Waals surface area contributed by atoms with Gasteiger partial charge in [-0.05, 0) is 18.1 Å². The number of anilines is 2. The maximum absolute atomic E-state index is 11.8. The van der Waals surface area contributed by atoms with Crippen LogP contribution in [0.4, 0.5) is 11.5 Å². The molecule has 21 heavy (non-hydrogen) atoms. The first kappa shape index (κ1) is 13.3. The molecule has 1 aromatic heterocycles. The lowest BCUT2D eigenvalue weighted by Gasteiger charge is -2.17. The molecule has 1 aliphatic heterocycles. The van der Waals surface area contributed by atoms with Gasteiger partial charge >= 0.3 is 0 Å². The standard InChI is InChI=1S/C16H16N4O/c1-2-8-17-16(21)13-10-19-15(11-18-13)20-9-7-12-5-3-4-6-14(12)20/h2-6,10-11H,1,7-9H2,(H,17,21). The Hall–Kier alpha value is -2.69. The van der Waals surface area contributed by atoms with Crippen LogP contribution in [0.15, 0.2) is 49.3 Å². The predicted molar refractivity (Wildman–Crippen MR) is 81.7 cm³/mol. The molecule has 1 N–H and O–H groups in total. The first-order valence-corrected chi connectivity index (χ1v) is 6.86. The molecule has 1 aromatic carbocycles. The predicted octanol–water partition coefficient (Wildman–Crippen LogP) is 2.09. The van der Waals surface area contributed by atoms with E-state index in [9.17, 15) is 4.79 Å². The van der Waals surface area contributed by atoms with E-state index in [1.165, 1.54) is 11.8 Å². The average molecular weight is 280 g/mol. The number of para-hydroxylation sites is 1. The van der Waals surface area contributed by atoms with Crippen molar-refractivity contribution in [3.8, 4) is 0 Å². The van der Waals surface area contributed by atoms with Crippen LogP contribution < -0.4 is 10.2 Å². The quantitative estimate of drug-likeness (QED) is 0.871. The van der Waals surface area contributed by atoms with Crippen molar-refractivity contribution in [2.75, 3.05) is 18.0 Å². The number of hydrogen-bond acceptors (Lipinski definition) is 4. The zero-order valence-corrected chi connectivity index (χ0v) is 11.6. The third-order valence-electron chi connectivity index (χ3n) is 3.44. The van der Waals surface area contributed by atoms with Gasteiger partial charge in [0.1, 0.15) is 5.69 Å². The highest BCUT2D eigenvalue weighted by Crippen LogP contribution is 2.32. The minimum atomic E-state index is -0.240. The van der Waals surface area contributed by atoms with E-state index >= 15 is 0 Å². The second-order valence-corrected chi connectivity index (χ2v) is 4.79. The topological polar surface area (TPSA) is 58.1 Å². The minimum absolute atomic E-state index is 0.240. The second-order valence-electron chi connectivity index (χ2n) is 4.79. The fourth-order valence-corrected chi connectivity index (χ4v) is 2.41. The summed E-state index contributed by atoms with van der Waals surface area (Å²) in [7, 11) is 0. The molecule has 106 valence electrons. The van der Waals surface area contributed by atoms with Gasteiger partial charge in [-0.2, -0.15) is 0 Å². The molecule has 0 unspecified atom stereocenters. The van der Waals surface area contributed by atoms with Gasteiger partial charge in [0.25, 0.3) is 5.91 Å². The summed E-state index contributed by atoms with van der Waals surface area (Å²) in [5.41, 5.74) is 2.79. The van der Waals surface area contributed by atoms with Crippen molar-refractivity contribution in [3.63, 3.8) is 0 Å². The fourth-order valence-electron chi connectivity index (χ4n) is 2.41. The third kappa shape index (κ3) is 2.63. The molecule has 0 saturated heterocycles. The molecule has 0 fully saturated rings. The Balaban J connectivity index is 1.79. The lowest BCUT2D eigenvalue weighted by molar-refractivity contribution is 0.0952. The molecule has 0 saturated carbocycles. The van der Waals surface area contributed by atoms with Crippen molar-refractivity contribution in [1.29, 1.82) is 0 Å². The Morgan fingerprint density at radius 3 is 2.95 bits per heavy atom. The van der Waals surface area contributed by atoms with Gasteiger partial charge in [0.2, 0.25) is 0 Å². The summed E-state index contributed by atoms with van der Waals surface area (Å²) in [4.78, 5) is 22.4. The van der Waals surface area contributed by atoms with E-state index in [1.54, 1.807) is 12.3 Å². The van der Waals surface area contributed by atoms with Gasteiger partial charge in [-0.3, -0.25) is 4.79 Å². The largest absolute Gasteiger partial charge is 0.347 e. The smallest absolute Gasteiger partial charge is 0.271 e. The number of aromatic nitrogens is 2. The number of benzene rings is 1. The second kappa shape index (κ2) is 5.75. The van der Waals surface area contributed by atoms with E-state index in [4.69, 9.17) is 0 Å². The van der Waals surface area contributed by atoms with Gasteiger partial charge in [0.15, 0.2) is 5.82 Å². The zero-order valence-electron chi connectivity index (χ0n) is 11.6. The number of nitrogens with one attached hydrogen (secondary N) is 1. The maximum atomic E-state index is 11.8. The molecule has 1 amide bonds. The van der Waals surface area contributed by atoms with Crippen LogP contribution in [0.2, 0.25) is 0 Å². The van der Waals surface area contributed by atoms with Crippen LogP contribution >= 0.6 is 0 Å². The first-order valence-electron chi connectivity index (χ1n) is 6.86. The number of amides is 1. The maximum Gasteiger partial charge on any atom is 0.271 e. The van der Waals surface area contributed by atoms with Gasteiger partial charge in [0, 0.05) is 18.8 Å². The minimum Gasteiger partial charge on any atom is -0.347 e. The Labute approximate surface area is 123 Å². The molecule has 1 aliphatic rings. The van der Waals surface area contributed by atoms with Gasteiger partial charge < -0.3 is 10.2 Å². The van der Waals surface area contributed by atoms with Crippen LogP contribution in [0, 0.1) is 0 Å². The molecule has 2 aromatic rings. The van der Waals surface area contributed by atoms with E-state index in [0.717, 1.165) is 24.5 Å². The molecule has 0 aliphatic carbocycles. The van der Waals surface area contributed by atoms with Crippen molar-refractivity contribution >= 4 is 17.4 Å².